The number of nitrogens with one attached hydrogen (secondary N) is 1. The van der Waals surface area contributed by atoms with E-state index >= 15 is 0 Å². The Morgan fingerprint density at radius 3 is 2.82 bits per heavy atom. The van der Waals surface area contributed by atoms with Crippen molar-refractivity contribution in [2.75, 3.05) is 5.75 Å². The maximum atomic E-state index is 10.8. The monoisotopic (exact) mass is 274 g/mol. The van der Waals surface area contributed by atoms with E-state index in [1.807, 2.05) is 12.3 Å². The van der Waals surface area contributed by atoms with Crippen molar-refractivity contribution in [3.05, 3.63) is 16.1 Å². The minimum Gasteiger partial charge on any atom is -0.480 e. The molecule has 0 aliphatic carbocycles. The molecule has 0 saturated carbocycles. The van der Waals surface area contributed by atoms with Gasteiger partial charge in [-0.1, -0.05) is 0 Å². The van der Waals surface area contributed by atoms with Crippen LogP contribution in [0.4, 0.5) is 0 Å². The summed E-state index contributed by atoms with van der Waals surface area (Å²) in [5.41, 5.74) is 0.974. The second-order valence-corrected chi connectivity index (χ2v) is 5.46. The van der Waals surface area contributed by atoms with Crippen LogP contribution in [0.2, 0.25) is 0 Å². The van der Waals surface area contributed by atoms with Crippen LogP contribution in [0, 0.1) is 6.92 Å². The number of hydrogen-bond donors (Lipinski definition) is 2. The Hall–Kier alpha value is -1.08. The average Bonchev–Trinajstić information content (AvgIpc) is 2.62. The second-order valence-electron chi connectivity index (χ2n) is 3.49. The van der Waals surface area contributed by atoms with E-state index < -0.39 is 12.0 Å². The molecule has 1 atom stereocenters. The molecule has 17 heavy (non-hydrogen) atoms. The van der Waals surface area contributed by atoms with Crippen molar-refractivity contribution in [1.82, 2.24) is 10.3 Å². The maximum absolute atomic E-state index is 10.8. The zero-order valence-electron chi connectivity index (χ0n) is 9.60. The molecule has 1 aromatic heterocycles. The van der Waals surface area contributed by atoms with Crippen LogP contribution in [0.25, 0.3) is 0 Å². The van der Waals surface area contributed by atoms with E-state index in [1.54, 1.807) is 11.3 Å². The first-order valence-electron chi connectivity index (χ1n) is 4.97. The van der Waals surface area contributed by atoms with Gasteiger partial charge in [0, 0.05) is 29.5 Å². The van der Waals surface area contributed by atoms with Gasteiger partial charge in [0.15, 0.2) is 0 Å². The van der Waals surface area contributed by atoms with Gasteiger partial charge < -0.3 is 10.4 Å². The van der Waals surface area contributed by atoms with Crippen molar-refractivity contribution in [3.8, 4) is 0 Å². The predicted octanol–water partition coefficient (Wildman–Crippen LogP) is 1.27. The number of thiazole rings is 1. The number of aliphatic carboxylic acids is 1. The first-order chi connectivity index (χ1) is 7.99. The summed E-state index contributed by atoms with van der Waals surface area (Å²) in [5.74, 6) is -0.332. The van der Waals surface area contributed by atoms with Gasteiger partial charge in [-0.3, -0.25) is 4.79 Å². The van der Waals surface area contributed by atoms with Gasteiger partial charge in [0.1, 0.15) is 11.0 Å². The molecule has 2 N–H and O–H groups in total. The summed E-state index contributed by atoms with van der Waals surface area (Å²) < 4.78 is 0. The Kier molecular flexibility index (Phi) is 5.43. The van der Waals surface area contributed by atoms with E-state index in [0.717, 1.165) is 10.7 Å². The zero-order chi connectivity index (χ0) is 12.8. The third-order valence-electron chi connectivity index (χ3n) is 1.85. The van der Waals surface area contributed by atoms with Crippen molar-refractivity contribution < 1.29 is 14.7 Å². The van der Waals surface area contributed by atoms with Crippen LogP contribution in [0.15, 0.2) is 5.38 Å². The van der Waals surface area contributed by atoms with Crippen molar-refractivity contribution in [1.29, 1.82) is 0 Å². The molecular weight excluding hydrogens is 260 g/mol. The Morgan fingerprint density at radius 1 is 1.65 bits per heavy atom. The fourth-order valence-electron chi connectivity index (χ4n) is 1.15. The molecule has 0 spiro atoms. The van der Waals surface area contributed by atoms with Crippen molar-refractivity contribution in [2.45, 2.75) is 25.6 Å². The molecule has 1 aromatic rings. The maximum Gasteiger partial charge on any atom is 0.327 e. The molecule has 0 aliphatic rings. The summed E-state index contributed by atoms with van der Waals surface area (Å²) in [4.78, 5) is 25.9. The smallest absolute Gasteiger partial charge is 0.327 e. The van der Waals surface area contributed by atoms with Crippen molar-refractivity contribution in [3.63, 3.8) is 0 Å². The number of rotatable bonds is 6. The van der Waals surface area contributed by atoms with Gasteiger partial charge in [-0.15, -0.1) is 11.3 Å². The average molecular weight is 274 g/mol. The molecule has 0 fully saturated rings. The van der Waals surface area contributed by atoms with E-state index in [9.17, 15) is 9.59 Å². The molecule has 94 valence electrons. The Bertz CT molecular complexity index is 406. The molecule has 1 unspecified atom stereocenters. The number of aromatic nitrogens is 1. The third-order valence-corrected chi connectivity index (χ3v) is 4.05. The van der Waals surface area contributed by atoms with E-state index in [-0.39, 0.29) is 5.91 Å². The van der Waals surface area contributed by atoms with Crippen LogP contribution in [0.1, 0.15) is 17.6 Å². The first-order valence-corrected chi connectivity index (χ1v) is 7.01. The molecule has 0 saturated heterocycles. The highest BCUT2D eigenvalue weighted by atomic mass is 32.2. The molecule has 0 radical (unpaired) electrons. The lowest BCUT2D eigenvalue weighted by Crippen LogP contribution is -2.41. The van der Waals surface area contributed by atoms with Crippen LogP contribution in [0.3, 0.4) is 0 Å². The van der Waals surface area contributed by atoms with Crippen molar-refractivity contribution >= 4 is 35.0 Å². The van der Waals surface area contributed by atoms with E-state index in [1.165, 1.54) is 18.7 Å². The Labute approximate surface area is 108 Å². The van der Waals surface area contributed by atoms with E-state index in [2.05, 4.69) is 10.3 Å². The van der Waals surface area contributed by atoms with E-state index in [4.69, 9.17) is 5.11 Å². The molecule has 7 heteroatoms. The molecule has 5 nitrogen and oxygen atoms in total. The number of carboxylic acids is 1. The SMILES string of the molecule is CC(=O)NC(CSCc1nc(C)cs1)C(=O)O. The Morgan fingerprint density at radius 2 is 2.35 bits per heavy atom. The minimum absolute atomic E-state index is 0.330. The summed E-state index contributed by atoms with van der Waals surface area (Å²) in [7, 11) is 0. The Balaban J connectivity index is 2.37. The number of amides is 1. The van der Waals surface area contributed by atoms with Crippen LogP contribution in [-0.2, 0) is 15.3 Å². The summed E-state index contributed by atoms with van der Waals surface area (Å²) >= 11 is 3.01. The lowest BCUT2D eigenvalue weighted by Gasteiger charge is -2.11. The van der Waals surface area contributed by atoms with Crippen molar-refractivity contribution in [2.24, 2.45) is 0 Å². The van der Waals surface area contributed by atoms with Crippen LogP contribution in [0.5, 0.6) is 0 Å². The summed E-state index contributed by atoms with van der Waals surface area (Å²) in [6.07, 6.45) is 0. The molecular formula is C10H14N2O3S2. The standard InChI is InChI=1S/C10H14N2O3S2/c1-6-3-17-9(11-6)5-16-4-8(10(14)15)12-7(2)13/h3,8H,4-5H2,1-2H3,(H,12,13)(H,14,15). The molecule has 0 aromatic carbocycles. The van der Waals surface area contributed by atoms with Gasteiger partial charge >= 0.3 is 5.97 Å². The van der Waals surface area contributed by atoms with Gasteiger partial charge in [0.2, 0.25) is 5.91 Å². The fourth-order valence-corrected chi connectivity index (χ4v) is 3.05. The van der Waals surface area contributed by atoms with Gasteiger partial charge in [-0.2, -0.15) is 11.8 Å². The molecule has 1 rings (SSSR count). The van der Waals surface area contributed by atoms with Gasteiger partial charge in [-0.05, 0) is 6.92 Å². The van der Waals surface area contributed by atoms with E-state index in [0.29, 0.717) is 11.5 Å². The highest BCUT2D eigenvalue weighted by molar-refractivity contribution is 7.98. The summed E-state index contributed by atoms with van der Waals surface area (Å²) in [6.45, 7) is 3.23. The van der Waals surface area contributed by atoms with Gasteiger partial charge in [0.25, 0.3) is 0 Å². The largest absolute Gasteiger partial charge is 0.480 e. The van der Waals surface area contributed by atoms with Gasteiger partial charge in [0.05, 0.1) is 0 Å². The normalized spacial score (nSPS) is 12.1. The number of aryl methyl sites for hydroxylation is 1. The number of thioether (sulfide) groups is 1. The fraction of sp³-hybridized carbons (Fsp3) is 0.500. The lowest BCUT2D eigenvalue weighted by atomic mass is 10.3. The molecule has 0 bridgehead atoms. The summed E-state index contributed by atoms with van der Waals surface area (Å²) in [6, 6.07) is -0.835. The zero-order valence-corrected chi connectivity index (χ0v) is 11.2. The quantitative estimate of drug-likeness (QED) is 0.816. The van der Waals surface area contributed by atoms with Gasteiger partial charge in [-0.25, -0.2) is 9.78 Å². The predicted molar refractivity (Wildman–Crippen MR) is 68.3 cm³/mol. The number of carbonyl (C=O) groups is 2. The lowest BCUT2D eigenvalue weighted by molar-refractivity contribution is -0.140. The third kappa shape index (κ3) is 5.18. The molecule has 1 heterocycles. The topological polar surface area (TPSA) is 79.3 Å². The van der Waals surface area contributed by atoms with Crippen LogP contribution < -0.4 is 5.32 Å². The highest BCUT2D eigenvalue weighted by Crippen LogP contribution is 2.17. The number of carbonyl (C=O) groups excluding carboxylic acids is 1. The van der Waals surface area contributed by atoms with Crippen LogP contribution in [-0.4, -0.2) is 33.8 Å². The first kappa shape index (κ1) is 14.0. The molecule has 0 aliphatic heterocycles. The number of nitrogens with zero attached hydrogens (tertiary/aromatic N) is 1. The molecule has 1 amide bonds. The van der Waals surface area contributed by atoms with Crippen LogP contribution >= 0.6 is 23.1 Å². The summed E-state index contributed by atoms with van der Waals surface area (Å²) in [5, 5.41) is 14.2. The number of carboxylic acid groups (broad SMARTS) is 1. The second kappa shape index (κ2) is 6.61. The minimum atomic E-state index is -1.01. The number of hydrogen-bond acceptors (Lipinski definition) is 5. The highest BCUT2D eigenvalue weighted by Gasteiger charge is 2.18.